The molecule has 0 spiro atoms. The largest absolute Gasteiger partial charge is 0.472 e. The zero-order valence-electron chi connectivity index (χ0n) is 21.7. The summed E-state index contributed by atoms with van der Waals surface area (Å²) in [6.07, 6.45) is -1.81. The lowest BCUT2D eigenvalue weighted by molar-refractivity contribution is -0.329. The smallest absolute Gasteiger partial charge is 0.334 e. The molecular formula is C27H36O11. The van der Waals surface area contributed by atoms with Gasteiger partial charge >= 0.3 is 11.9 Å². The zero-order valence-corrected chi connectivity index (χ0v) is 21.7. The second-order valence-electron chi connectivity index (χ2n) is 11.3. The van der Waals surface area contributed by atoms with Gasteiger partial charge in [-0.05, 0) is 43.1 Å². The quantitative estimate of drug-likeness (QED) is 0.397. The highest BCUT2D eigenvalue weighted by Crippen LogP contribution is 2.65. The van der Waals surface area contributed by atoms with E-state index in [2.05, 4.69) is 6.92 Å². The highest BCUT2D eigenvalue weighted by Gasteiger charge is 2.66. The molecule has 2 aliphatic carbocycles. The predicted octanol–water partition coefficient (Wildman–Crippen LogP) is 0.995. The maximum atomic E-state index is 13.5. The van der Waals surface area contributed by atoms with E-state index in [0.29, 0.717) is 24.8 Å². The van der Waals surface area contributed by atoms with Crippen molar-refractivity contribution in [1.29, 1.82) is 0 Å². The fourth-order valence-corrected chi connectivity index (χ4v) is 7.39. The minimum atomic E-state index is -1.62. The van der Waals surface area contributed by atoms with Crippen molar-refractivity contribution in [3.63, 3.8) is 0 Å². The number of fused-ring (bicyclic) bond motifs is 3. The van der Waals surface area contributed by atoms with Crippen LogP contribution in [-0.4, -0.2) is 82.9 Å². The monoisotopic (exact) mass is 536 g/mol. The number of rotatable bonds is 5. The first kappa shape index (κ1) is 27.3. The molecule has 3 fully saturated rings. The Morgan fingerprint density at radius 1 is 1.18 bits per heavy atom. The van der Waals surface area contributed by atoms with Crippen molar-refractivity contribution in [3.8, 4) is 0 Å². The molecule has 11 nitrogen and oxygen atoms in total. The Hall–Kier alpha value is -2.28. The van der Waals surface area contributed by atoms with E-state index in [1.54, 1.807) is 12.3 Å². The van der Waals surface area contributed by atoms with Gasteiger partial charge in [-0.15, -0.1) is 0 Å². The van der Waals surface area contributed by atoms with Crippen molar-refractivity contribution in [2.24, 2.45) is 22.7 Å². The van der Waals surface area contributed by atoms with Crippen LogP contribution in [0.1, 0.15) is 51.2 Å². The summed E-state index contributed by atoms with van der Waals surface area (Å²) < 4.78 is 28.2. The van der Waals surface area contributed by atoms with Crippen LogP contribution in [0.15, 0.2) is 34.7 Å². The molecule has 0 unspecified atom stereocenters. The first-order valence-corrected chi connectivity index (χ1v) is 13.0. The third-order valence-electron chi connectivity index (χ3n) is 9.45. The first-order chi connectivity index (χ1) is 18.1. The van der Waals surface area contributed by atoms with Gasteiger partial charge in [0.05, 0.1) is 38.3 Å². The van der Waals surface area contributed by atoms with E-state index in [1.165, 1.54) is 13.4 Å². The molecule has 0 aromatic carbocycles. The summed E-state index contributed by atoms with van der Waals surface area (Å²) in [5.74, 6) is -1.68. The van der Waals surface area contributed by atoms with E-state index >= 15 is 0 Å². The van der Waals surface area contributed by atoms with Gasteiger partial charge in [-0.25, -0.2) is 4.79 Å². The molecule has 1 aromatic heterocycles. The molecule has 11 atom stereocenters. The molecule has 210 valence electrons. The van der Waals surface area contributed by atoms with Crippen molar-refractivity contribution in [2.75, 3.05) is 13.7 Å². The third kappa shape index (κ3) is 4.11. The van der Waals surface area contributed by atoms with Gasteiger partial charge in [0.2, 0.25) is 0 Å². The molecule has 1 saturated carbocycles. The van der Waals surface area contributed by atoms with Gasteiger partial charge in [-0.3, -0.25) is 4.79 Å². The van der Waals surface area contributed by atoms with Crippen molar-refractivity contribution in [3.05, 3.63) is 35.8 Å². The summed E-state index contributed by atoms with van der Waals surface area (Å²) in [5.41, 5.74) is -0.341. The average molecular weight is 537 g/mol. The molecule has 4 N–H and O–H groups in total. The normalized spacial score (nSPS) is 44.9. The molecule has 38 heavy (non-hydrogen) atoms. The van der Waals surface area contributed by atoms with Crippen LogP contribution in [0.25, 0.3) is 0 Å². The van der Waals surface area contributed by atoms with E-state index in [4.69, 9.17) is 23.4 Å². The molecule has 2 saturated heterocycles. The molecule has 0 radical (unpaired) electrons. The van der Waals surface area contributed by atoms with E-state index in [0.717, 1.165) is 5.56 Å². The molecule has 4 aliphatic rings. The van der Waals surface area contributed by atoms with Gasteiger partial charge < -0.3 is 43.8 Å². The number of allylic oxidation sites excluding steroid dienone is 1. The van der Waals surface area contributed by atoms with Crippen LogP contribution >= 0.6 is 0 Å². The fourth-order valence-electron chi connectivity index (χ4n) is 7.39. The number of carbonyl (C=O) groups excluding carboxylic acids is 2. The number of ether oxygens (including phenoxy) is 4. The summed E-state index contributed by atoms with van der Waals surface area (Å²) in [6, 6.07) is 1.77. The van der Waals surface area contributed by atoms with Crippen LogP contribution in [0.2, 0.25) is 0 Å². The Morgan fingerprint density at radius 3 is 2.61 bits per heavy atom. The number of carbonyl (C=O) groups is 2. The number of hydrogen-bond donors (Lipinski definition) is 4. The fraction of sp³-hybridized carbons (Fsp3) is 0.704. The average Bonchev–Trinajstić information content (AvgIpc) is 3.44. The number of aliphatic hydroxyl groups excluding tert-OH is 4. The Balaban J connectivity index is 1.54. The van der Waals surface area contributed by atoms with E-state index < -0.39 is 72.2 Å². The van der Waals surface area contributed by atoms with Gasteiger partial charge in [-0.2, -0.15) is 0 Å². The predicted molar refractivity (Wildman–Crippen MR) is 128 cm³/mol. The number of aliphatic hydroxyl groups is 4. The minimum absolute atomic E-state index is 0.157. The summed E-state index contributed by atoms with van der Waals surface area (Å²) in [6.45, 7) is 3.35. The van der Waals surface area contributed by atoms with Crippen LogP contribution in [0.5, 0.6) is 0 Å². The number of hydrogen-bond acceptors (Lipinski definition) is 11. The van der Waals surface area contributed by atoms with Crippen LogP contribution < -0.4 is 0 Å². The maximum absolute atomic E-state index is 13.5. The Morgan fingerprint density at radius 2 is 1.95 bits per heavy atom. The Labute approximate surface area is 220 Å². The molecule has 0 bridgehead atoms. The van der Waals surface area contributed by atoms with Crippen molar-refractivity contribution < 1.29 is 53.4 Å². The standard InChI is InChI=1S/C27H36O11/c1-26-10-16(13-7-8-35-12-13)36-24(33)15(26)9-19(27(2)14(23(32)34-3)5-4-6-18(26)27)38-25-22(31)21(30)20(29)17(11-28)37-25/h5,7-8,12,15-22,25,28-31H,4,6,9-11H2,1-3H3/t15-,16+,17-,18+,19-,20-,21+,22-,25+,26-,27+/m1/s1. The summed E-state index contributed by atoms with van der Waals surface area (Å²) in [5, 5.41) is 40.8. The van der Waals surface area contributed by atoms with E-state index in [1.807, 2.05) is 13.0 Å². The lowest BCUT2D eigenvalue weighted by atomic mass is 9.44. The Bertz CT molecular complexity index is 1070. The van der Waals surface area contributed by atoms with Gasteiger partial charge in [0.1, 0.15) is 30.5 Å². The lowest BCUT2D eigenvalue weighted by Crippen LogP contribution is -2.65. The van der Waals surface area contributed by atoms with E-state index in [-0.39, 0.29) is 18.3 Å². The van der Waals surface area contributed by atoms with Crippen molar-refractivity contribution >= 4 is 11.9 Å². The maximum Gasteiger partial charge on any atom is 0.334 e. The molecule has 11 heteroatoms. The zero-order chi connectivity index (χ0) is 27.4. The van der Waals surface area contributed by atoms with Crippen LogP contribution in [0, 0.1) is 22.7 Å². The minimum Gasteiger partial charge on any atom is -0.472 e. The molecule has 0 amide bonds. The first-order valence-electron chi connectivity index (χ1n) is 13.0. The summed E-state index contributed by atoms with van der Waals surface area (Å²) >= 11 is 0. The van der Waals surface area contributed by atoms with E-state index in [9.17, 15) is 30.0 Å². The van der Waals surface area contributed by atoms with Crippen LogP contribution in [0.4, 0.5) is 0 Å². The Kier molecular flexibility index (Phi) is 7.21. The van der Waals surface area contributed by atoms with Crippen molar-refractivity contribution in [1.82, 2.24) is 0 Å². The van der Waals surface area contributed by atoms with Crippen molar-refractivity contribution in [2.45, 2.75) is 82.4 Å². The second-order valence-corrected chi connectivity index (χ2v) is 11.3. The number of methoxy groups -OCH3 is 1. The molecule has 5 rings (SSSR count). The second kappa shape index (κ2) is 10.0. The lowest BCUT2D eigenvalue weighted by Gasteiger charge is -2.62. The number of furan rings is 1. The SMILES string of the molecule is COC(=O)C1=CCC[C@H]2[C@]3(C)C[C@@H](c4ccoc4)OC(=O)[C@H]3C[C@@H](O[C@@H]3O[C@H](CO)[C@@H](O)[C@H](O)[C@H]3O)[C@@]12C. The molecule has 2 aliphatic heterocycles. The highest BCUT2D eigenvalue weighted by molar-refractivity contribution is 5.90. The molecule has 3 heterocycles. The molecular weight excluding hydrogens is 500 g/mol. The summed E-state index contributed by atoms with van der Waals surface area (Å²) in [4.78, 5) is 26.5. The summed E-state index contributed by atoms with van der Waals surface area (Å²) in [7, 11) is 1.31. The van der Waals surface area contributed by atoms with Gasteiger partial charge in [0.15, 0.2) is 6.29 Å². The van der Waals surface area contributed by atoms with Gasteiger partial charge in [0, 0.05) is 16.6 Å². The van der Waals surface area contributed by atoms with Gasteiger partial charge in [-0.1, -0.05) is 19.9 Å². The molecule has 1 aromatic rings. The van der Waals surface area contributed by atoms with Gasteiger partial charge in [0.25, 0.3) is 0 Å². The third-order valence-corrected chi connectivity index (χ3v) is 9.45. The number of cyclic esters (lactones) is 1. The topological polar surface area (TPSA) is 165 Å². The van der Waals surface area contributed by atoms with Crippen LogP contribution in [0.3, 0.4) is 0 Å². The van der Waals surface area contributed by atoms with Crippen LogP contribution in [-0.2, 0) is 28.5 Å². The number of esters is 2. The highest BCUT2D eigenvalue weighted by atomic mass is 16.7.